The van der Waals surface area contributed by atoms with Crippen molar-refractivity contribution >= 4 is 45.7 Å². The lowest BCUT2D eigenvalue weighted by Gasteiger charge is -2.19. The van der Waals surface area contributed by atoms with Gasteiger partial charge in [-0.15, -0.1) is 10.2 Å². The van der Waals surface area contributed by atoms with Crippen LogP contribution in [0.15, 0.2) is 60.8 Å². The summed E-state index contributed by atoms with van der Waals surface area (Å²) >= 11 is 7.35. The van der Waals surface area contributed by atoms with Gasteiger partial charge < -0.3 is 19.5 Å². The van der Waals surface area contributed by atoms with Crippen LogP contribution >= 0.6 is 22.9 Å². The predicted molar refractivity (Wildman–Crippen MR) is 145 cm³/mol. The summed E-state index contributed by atoms with van der Waals surface area (Å²) in [5.41, 5.74) is 1.79. The van der Waals surface area contributed by atoms with Gasteiger partial charge in [-0.05, 0) is 80.9 Å². The molecule has 1 amide bonds. The Labute approximate surface area is 223 Å². The van der Waals surface area contributed by atoms with E-state index in [-0.39, 0.29) is 6.61 Å². The number of nitrogens with zero attached hydrogens (tertiary/aromatic N) is 3. The minimum Gasteiger partial charge on any atom is -0.497 e. The van der Waals surface area contributed by atoms with E-state index in [9.17, 15) is 4.79 Å². The second kappa shape index (κ2) is 11.4. The fraction of sp³-hybridized carbons (Fsp3) is 0.231. The number of aromatic nitrogens is 3. The number of hydrogen-bond acceptors (Lipinski definition) is 9. The summed E-state index contributed by atoms with van der Waals surface area (Å²) in [6, 6.07) is 16.4. The number of methoxy groups -OCH3 is 1. The van der Waals surface area contributed by atoms with Gasteiger partial charge in [0.15, 0.2) is 5.01 Å². The summed E-state index contributed by atoms with van der Waals surface area (Å²) in [4.78, 5) is 16.3. The van der Waals surface area contributed by atoms with Crippen LogP contribution in [0.25, 0.3) is 10.6 Å². The molecule has 0 saturated heterocycles. The molecule has 2 aromatic carbocycles. The molecular formula is C26H26ClN5O4S. The van der Waals surface area contributed by atoms with Crippen molar-refractivity contribution in [1.29, 1.82) is 0 Å². The van der Waals surface area contributed by atoms with E-state index in [1.54, 1.807) is 52.3 Å². The molecule has 2 aromatic heterocycles. The Morgan fingerprint density at radius 1 is 1.05 bits per heavy atom. The van der Waals surface area contributed by atoms with Crippen molar-refractivity contribution in [2.24, 2.45) is 0 Å². The summed E-state index contributed by atoms with van der Waals surface area (Å²) in [5.74, 6) is 1.64. The van der Waals surface area contributed by atoms with Crippen LogP contribution in [-0.4, -0.2) is 34.0 Å². The third kappa shape index (κ3) is 7.55. The molecule has 0 fully saturated rings. The fourth-order valence-electron chi connectivity index (χ4n) is 3.17. The normalized spacial score (nSPS) is 11.1. The molecule has 0 aliphatic carbocycles. The Balaban J connectivity index is 1.49. The van der Waals surface area contributed by atoms with Crippen LogP contribution in [0.4, 0.5) is 21.4 Å². The Bertz CT molecular complexity index is 1370. The van der Waals surface area contributed by atoms with Crippen molar-refractivity contribution in [1.82, 2.24) is 15.2 Å². The van der Waals surface area contributed by atoms with E-state index < -0.39 is 11.7 Å². The van der Waals surface area contributed by atoms with Crippen LogP contribution in [0.1, 0.15) is 26.3 Å². The van der Waals surface area contributed by atoms with E-state index in [2.05, 4.69) is 25.8 Å². The molecule has 0 aliphatic rings. The third-order valence-electron chi connectivity index (χ3n) is 4.79. The largest absolute Gasteiger partial charge is 0.497 e. The topological polar surface area (TPSA) is 107 Å². The lowest BCUT2D eigenvalue weighted by atomic mass is 10.2. The first kappa shape index (κ1) is 26.2. The van der Waals surface area contributed by atoms with Gasteiger partial charge in [0.2, 0.25) is 5.13 Å². The monoisotopic (exact) mass is 539 g/mol. The molecule has 0 bridgehead atoms. The Hall–Kier alpha value is -3.89. The molecule has 0 aliphatic heterocycles. The van der Waals surface area contributed by atoms with E-state index in [0.29, 0.717) is 32.5 Å². The van der Waals surface area contributed by atoms with Crippen LogP contribution in [-0.2, 0) is 11.3 Å². The van der Waals surface area contributed by atoms with Gasteiger partial charge in [0, 0.05) is 16.9 Å². The van der Waals surface area contributed by atoms with Crippen molar-refractivity contribution in [2.45, 2.75) is 33.0 Å². The fourth-order valence-corrected chi connectivity index (χ4v) is 4.08. The number of rotatable bonds is 8. The first-order valence-corrected chi connectivity index (χ1v) is 12.5. The highest BCUT2D eigenvalue weighted by molar-refractivity contribution is 7.18. The van der Waals surface area contributed by atoms with E-state index in [1.165, 1.54) is 11.3 Å². The number of halogens is 1. The lowest BCUT2D eigenvalue weighted by molar-refractivity contribution is 0.0635. The molecule has 37 heavy (non-hydrogen) atoms. The van der Waals surface area contributed by atoms with Crippen molar-refractivity contribution < 1.29 is 19.0 Å². The molecule has 4 rings (SSSR count). The summed E-state index contributed by atoms with van der Waals surface area (Å²) < 4.78 is 16.8. The number of pyridine rings is 1. The van der Waals surface area contributed by atoms with Crippen LogP contribution in [0.5, 0.6) is 11.5 Å². The van der Waals surface area contributed by atoms with Gasteiger partial charge in [0.1, 0.15) is 29.5 Å². The second-order valence-corrected chi connectivity index (χ2v) is 10.3. The zero-order chi connectivity index (χ0) is 26.4. The van der Waals surface area contributed by atoms with E-state index >= 15 is 0 Å². The number of nitrogens with one attached hydrogen (secondary N) is 2. The molecule has 0 radical (unpaired) electrons. The highest BCUT2D eigenvalue weighted by Crippen LogP contribution is 2.37. The minimum absolute atomic E-state index is 0.236. The Morgan fingerprint density at radius 2 is 1.84 bits per heavy atom. The number of benzene rings is 2. The maximum Gasteiger partial charge on any atom is 0.413 e. The Kier molecular flexibility index (Phi) is 8.10. The van der Waals surface area contributed by atoms with Crippen molar-refractivity contribution in [3.05, 3.63) is 71.4 Å². The maximum atomic E-state index is 12.1. The molecule has 0 saturated carbocycles. The molecule has 0 atom stereocenters. The number of amides is 1. The molecule has 9 nitrogen and oxygen atoms in total. The van der Waals surface area contributed by atoms with Gasteiger partial charge in [0.05, 0.1) is 12.7 Å². The van der Waals surface area contributed by atoms with Crippen molar-refractivity contribution in [2.75, 3.05) is 17.7 Å². The van der Waals surface area contributed by atoms with Gasteiger partial charge in [-0.3, -0.25) is 5.32 Å². The Morgan fingerprint density at radius 3 is 2.57 bits per heavy atom. The van der Waals surface area contributed by atoms with Gasteiger partial charge in [0.25, 0.3) is 0 Å². The van der Waals surface area contributed by atoms with Crippen molar-refractivity contribution in [3.8, 4) is 22.1 Å². The summed E-state index contributed by atoms with van der Waals surface area (Å²) in [6.45, 7) is 5.63. The average molecular weight is 540 g/mol. The predicted octanol–water partition coefficient (Wildman–Crippen LogP) is 6.93. The van der Waals surface area contributed by atoms with Gasteiger partial charge in [-0.1, -0.05) is 22.9 Å². The van der Waals surface area contributed by atoms with Crippen LogP contribution in [0.2, 0.25) is 5.02 Å². The lowest BCUT2D eigenvalue weighted by Crippen LogP contribution is -2.27. The van der Waals surface area contributed by atoms with Crippen molar-refractivity contribution in [3.63, 3.8) is 0 Å². The molecule has 192 valence electrons. The zero-order valence-corrected chi connectivity index (χ0v) is 22.3. The minimum atomic E-state index is -0.607. The standard InChI is InChI=1S/C26H26ClN5O4S/c1-26(2,3)36-25(33)30-22-13-16(11-12-28-22)15-35-21-10-9-19(34-4)14-20(21)23-31-32-24(37-23)29-18-7-5-17(27)6-8-18/h5-14H,15H2,1-4H3,(H,29,32)(H,28,30,33). The highest BCUT2D eigenvalue weighted by Gasteiger charge is 2.17. The SMILES string of the molecule is COc1ccc(OCc2ccnc(NC(=O)OC(C)(C)C)c2)c(-c2nnc(Nc3ccc(Cl)cc3)s2)c1. The van der Waals surface area contributed by atoms with Gasteiger partial charge in [-0.25, -0.2) is 9.78 Å². The van der Waals surface area contributed by atoms with Gasteiger partial charge >= 0.3 is 6.09 Å². The molecule has 2 heterocycles. The second-order valence-electron chi connectivity index (χ2n) is 8.87. The summed E-state index contributed by atoms with van der Waals surface area (Å²) in [7, 11) is 1.60. The first-order chi connectivity index (χ1) is 17.7. The molecule has 0 spiro atoms. The quantitative estimate of drug-likeness (QED) is 0.248. The number of ether oxygens (including phenoxy) is 3. The smallest absolute Gasteiger partial charge is 0.413 e. The number of hydrogen-bond donors (Lipinski definition) is 2. The first-order valence-electron chi connectivity index (χ1n) is 11.3. The third-order valence-corrected chi connectivity index (χ3v) is 5.91. The number of carbonyl (C=O) groups excluding carboxylic acids is 1. The van der Waals surface area contributed by atoms with Crippen LogP contribution in [0, 0.1) is 0 Å². The highest BCUT2D eigenvalue weighted by atomic mass is 35.5. The zero-order valence-electron chi connectivity index (χ0n) is 20.7. The van der Waals surface area contributed by atoms with E-state index in [1.807, 2.05) is 36.4 Å². The number of anilines is 3. The van der Waals surface area contributed by atoms with E-state index in [4.69, 9.17) is 25.8 Å². The summed E-state index contributed by atoms with van der Waals surface area (Å²) in [5, 5.41) is 16.4. The molecular weight excluding hydrogens is 514 g/mol. The number of carbonyl (C=O) groups is 1. The van der Waals surface area contributed by atoms with Gasteiger partial charge in [-0.2, -0.15) is 0 Å². The maximum absolute atomic E-state index is 12.1. The molecule has 11 heteroatoms. The molecule has 2 N–H and O–H groups in total. The molecule has 4 aromatic rings. The van der Waals surface area contributed by atoms with Crippen LogP contribution in [0.3, 0.4) is 0 Å². The van der Waals surface area contributed by atoms with E-state index in [0.717, 1.165) is 16.8 Å². The average Bonchev–Trinajstić information content (AvgIpc) is 3.31. The summed E-state index contributed by atoms with van der Waals surface area (Å²) in [6.07, 6.45) is 1.02. The molecule has 0 unspecified atom stereocenters. The van der Waals surface area contributed by atoms with Crippen LogP contribution < -0.4 is 20.1 Å².